The van der Waals surface area contributed by atoms with Crippen LogP contribution in [-0.2, 0) is 14.4 Å². The summed E-state index contributed by atoms with van der Waals surface area (Å²) in [6, 6.07) is 9.46. The van der Waals surface area contributed by atoms with Crippen LogP contribution in [0.3, 0.4) is 0 Å². The van der Waals surface area contributed by atoms with Gasteiger partial charge < -0.3 is 25.2 Å². The number of carbonyl (C=O) groups excluding carboxylic acids is 3. The maximum atomic E-state index is 12.7. The Labute approximate surface area is 197 Å². The van der Waals surface area contributed by atoms with Crippen molar-refractivity contribution in [1.29, 1.82) is 0 Å². The van der Waals surface area contributed by atoms with Crippen LogP contribution in [0.15, 0.2) is 46.6 Å². The molecule has 33 heavy (non-hydrogen) atoms. The van der Waals surface area contributed by atoms with Crippen LogP contribution in [-0.4, -0.2) is 54.1 Å². The number of ether oxygens (including phenoxy) is 2. The van der Waals surface area contributed by atoms with Crippen molar-refractivity contribution < 1.29 is 33.8 Å². The number of aryl methyl sites for hydroxylation is 1. The number of benzene rings is 2. The van der Waals surface area contributed by atoms with Gasteiger partial charge in [-0.2, -0.15) is 0 Å². The molecular formula is C22H20BrN3O7. The molecule has 1 fully saturated rings. The fraction of sp³-hybridized carbons (Fsp3) is 0.182. The molecule has 0 saturated carbocycles. The minimum Gasteiger partial charge on any atom is -0.493 e. The largest absolute Gasteiger partial charge is 0.493 e. The van der Waals surface area contributed by atoms with Crippen LogP contribution in [0.2, 0.25) is 0 Å². The van der Waals surface area contributed by atoms with Gasteiger partial charge in [-0.25, -0.2) is 14.5 Å². The number of nitrogens with one attached hydrogen (secondary N) is 2. The molecule has 172 valence electrons. The highest BCUT2D eigenvalue weighted by Crippen LogP contribution is 2.37. The number of aliphatic carboxylic acids is 1. The second-order valence-electron chi connectivity index (χ2n) is 7.01. The first kappa shape index (κ1) is 23.8. The molecule has 0 aromatic heterocycles. The lowest BCUT2D eigenvalue weighted by atomic mass is 10.1. The average molecular weight is 518 g/mol. The van der Waals surface area contributed by atoms with Crippen LogP contribution < -0.4 is 20.1 Å². The van der Waals surface area contributed by atoms with Crippen molar-refractivity contribution in [2.24, 2.45) is 0 Å². The number of nitrogens with zero attached hydrogens (tertiary/aromatic N) is 1. The second kappa shape index (κ2) is 10.2. The summed E-state index contributed by atoms with van der Waals surface area (Å²) in [7, 11) is 1.38. The molecule has 2 aromatic carbocycles. The van der Waals surface area contributed by atoms with Crippen LogP contribution in [0.25, 0.3) is 6.08 Å². The van der Waals surface area contributed by atoms with Gasteiger partial charge in [-0.3, -0.25) is 9.59 Å². The summed E-state index contributed by atoms with van der Waals surface area (Å²) in [6.07, 6.45) is 1.41. The average Bonchev–Trinajstić information content (AvgIpc) is 3.01. The first-order valence-electron chi connectivity index (χ1n) is 9.61. The number of carbonyl (C=O) groups is 4. The van der Waals surface area contributed by atoms with Crippen LogP contribution >= 0.6 is 15.9 Å². The Kier molecular flexibility index (Phi) is 7.34. The van der Waals surface area contributed by atoms with Crippen LogP contribution in [0, 0.1) is 6.92 Å². The van der Waals surface area contributed by atoms with Gasteiger partial charge in [-0.05, 0) is 58.8 Å². The SMILES string of the molecule is COc1cc(/C=C2/NC(=O)N(CC(=O)Nc3ccc(C)cc3)C2=O)cc(Br)c1OCC(=O)O. The molecule has 4 amide bonds. The summed E-state index contributed by atoms with van der Waals surface area (Å²) in [5.41, 5.74) is 2.02. The van der Waals surface area contributed by atoms with Gasteiger partial charge in [0.1, 0.15) is 12.2 Å². The van der Waals surface area contributed by atoms with E-state index in [1.54, 1.807) is 18.2 Å². The molecule has 0 bridgehead atoms. The van der Waals surface area contributed by atoms with E-state index in [2.05, 4.69) is 26.6 Å². The summed E-state index contributed by atoms with van der Waals surface area (Å²) in [5.74, 6) is -1.93. The van der Waals surface area contributed by atoms with E-state index in [0.717, 1.165) is 10.5 Å². The molecule has 0 spiro atoms. The van der Waals surface area contributed by atoms with Crippen molar-refractivity contribution in [2.75, 3.05) is 25.6 Å². The minimum atomic E-state index is -1.15. The molecule has 3 N–H and O–H groups in total. The first-order valence-corrected chi connectivity index (χ1v) is 10.4. The predicted octanol–water partition coefficient (Wildman–Crippen LogP) is 2.76. The highest BCUT2D eigenvalue weighted by atomic mass is 79.9. The molecule has 1 aliphatic heterocycles. The quantitative estimate of drug-likeness (QED) is 0.362. The van der Waals surface area contributed by atoms with E-state index in [-0.39, 0.29) is 17.2 Å². The summed E-state index contributed by atoms with van der Waals surface area (Å²) in [6.45, 7) is 0.895. The van der Waals surface area contributed by atoms with Crippen LogP contribution in [0.4, 0.5) is 10.5 Å². The fourth-order valence-corrected chi connectivity index (χ4v) is 3.53. The van der Waals surface area contributed by atoms with Crippen molar-refractivity contribution in [3.8, 4) is 11.5 Å². The number of hydrogen-bond donors (Lipinski definition) is 3. The third-order valence-electron chi connectivity index (χ3n) is 4.50. The van der Waals surface area contributed by atoms with Crippen LogP contribution in [0.1, 0.15) is 11.1 Å². The Balaban J connectivity index is 1.74. The van der Waals surface area contributed by atoms with E-state index in [4.69, 9.17) is 14.6 Å². The Morgan fingerprint density at radius 1 is 1.21 bits per heavy atom. The number of hydrogen-bond acceptors (Lipinski definition) is 6. The zero-order chi connectivity index (χ0) is 24.1. The van der Waals surface area contributed by atoms with Crippen molar-refractivity contribution in [3.63, 3.8) is 0 Å². The number of urea groups is 1. The van der Waals surface area contributed by atoms with E-state index >= 15 is 0 Å². The fourth-order valence-electron chi connectivity index (χ4n) is 2.96. The minimum absolute atomic E-state index is 0.0312. The second-order valence-corrected chi connectivity index (χ2v) is 7.86. The van der Waals surface area contributed by atoms with Gasteiger partial charge in [-0.15, -0.1) is 0 Å². The van der Waals surface area contributed by atoms with Gasteiger partial charge in [0.2, 0.25) is 5.91 Å². The number of halogens is 1. The van der Waals surface area contributed by atoms with E-state index in [0.29, 0.717) is 15.7 Å². The molecule has 11 heteroatoms. The molecule has 1 aliphatic rings. The molecule has 2 aromatic rings. The summed E-state index contributed by atoms with van der Waals surface area (Å²) < 4.78 is 10.8. The normalized spacial score (nSPS) is 14.3. The molecule has 0 unspecified atom stereocenters. The van der Waals surface area contributed by atoms with E-state index in [1.807, 2.05) is 19.1 Å². The van der Waals surface area contributed by atoms with Gasteiger partial charge >= 0.3 is 12.0 Å². The number of carboxylic acids is 1. The zero-order valence-corrected chi connectivity index (χ0v) is 19.3. The number of methoxy groups -OCH3 is 1. The monoisotopic (exact) mass is 517 g/mol. The van der Waals surface area contributed by atoms with Crippen molar-refractivity contribution in [3.05, 3.63) is 57.7 Å². The molecular weight excluding hydrogens is 498 g/mol. The summed E-state index contributed by atoms with van der Waals surface area (Å²) in [5, 5.41) is 13.9. The molecule has 1 heterocycles. The Hall–Kier alpha value is -3.86. The topological polar surface area (TPSA) is 134 Å². The van der Waals surface area contributed by atoms with Crippen molar-refractivity contribution >= 4 is 51.5 Å². The summed E-state index contributed by atoms with van der Waals surface area (Å²) in [4.78, 5) is 48.8. The number of amides is 4. The number of carboxylic acid groups (broad SMARTS) is 1. The highest BCUT2D eigenvalue weighted by Gasteiger charge is 2.35. The van der Waals surface area contributed by atoms with Gasteiger partial charge in [0, 0.05) is 5.69 Å². The van der Waals surface area contributed by atoms with Crippen LogP contribution in [0.5, 0.6) is 11.5 Å². The van der Waals surface area contributed by atoms with Gasteiger partial charge in [0.25, 0.3) is 5.91 Å². The standard InChI is InChI=1S/C22H20BrN3O7/c1-12-3-5-14(6-4-12)24-18(27)10-26-21(30)16(25-22(26)31)8-13-7-15(23)20(17(9-13)32-2)33-11-19(28)29/h3-9H,10-11H2,1-2H3,(H,24,27)(H,25,31)(H,28,29)/b16-8+. The molecule has 0 aliphatic carbocycles. The highest BCUT2D eigenvalue weighted by molar-refractivity contribution is 9.10. The Bertz CT molecular complexity index is 1150. The lowest BCUT2D eigenvalue weighted by Gasteiger charge is -2.12. The molecule has 10 nitrogen and oxygen atoms in total. The summed E-state index contributed by atoms with van der Waals surface area (Å²) >= 11 is 3.28. The molecule has 3 rings (SSSR count). The Morgan fingerprint density at radius 2 is 1.91 bits per heavy atom. The maximum Gasteiger partial charge on any atom is 0.341 e. The predicted molar refractivity (Wildman–Crippen MR) is 122 cm³/mol. The lowest BCUT2D eigenvalue weighted by molar-refractivity contribution is -0.139. The van der Waals surface area contributed by atoms with Crippen molar-refractivity contribution in [1.82, 2.24) is 10.2 Å². The lowest BCUT2D eigenvalue weighted by Crippen LogP contribution is -2.38. The molecule has 1 saturated heterocycles. The van der Waals surface area contributed by atoms with Gasteiger partial charge in [-0.1, -0.05) is 17.7 Å². The molecule has 0 radical (unpaired) electrons. The van der Waals surface area contributed by atoms with E-state index < -0.39 is 37.0 Å². The number of imide groups is 1. The maximum absolute atomic E-state index is 12.7. The third-order valence-corrected chi connectivity index (χ3v) is 5.09. The van der Waals surface area contributed by atoms with Crippen molar-refractivity contribution in [2.45, 2.75) is 6.92 Å². The third kappa shape index (κ3) is 5.89. The Morgan fingerprint density at radius 3 is 2.55 bits per heavy atom. The van der Waals surface area contributed by atoms with Gasteiger partial charge in [0.15, 0.2) is 18.1 Å². The first-order chi connectivity index (χ1) is 15.7. The van der Waals surface area contributed by atoms with E-state index in [9.17, 15) is 19.2 Å². The van der Waals surface area contributed by atoms with Gasteiger partial charge in [0.05, 0.1) is 11.6 Å². The smallest absolute Gasteiger partial charge is 0.341 e. The zero-order valence-electron chi connectivity index (χ0n) is 17.7. The number of rotatable bonds is 8. The van der Waals surface area contributed by atoms with E-state index in [1.165, 1.54) is 19.3 Å². The number of anilines is 1. The molecule has 0 atom stereocenters.